The summed E-state index contributed by atoms with van der Waals surface area (Å²) in [6.07, 6.45) is 8.06. The number of anilines is 1. The maximum absolute atomic E-state index is 16.0. The van der Waals surface area contributed by atoms with Crippen molar-refractivity contribution in [3.05, 3.63) is 90.1 Å². The van der Waals surface area contributed by atoms with Crippen LogP contribution in [0.4, 0.5) is 23.2 Å². The molecule has 2 saturated heterocycles. The van der Waals surface area contributed by atoms with Gasteiger partial charge in [0.05, 0.1) is 23.8 Å². The normalized spacial score (nSPS) is 19.1. The lowest BCUT2D eigenvalue weighted by atomic mass is 9.71. The van der Waals surface area contributed by atoms with Gasteiger partial charge in [0, 0.05) is 36.5 Å². The summed E-state index contributed by atoms with van der Waals surface area (Å²) in [4.78, 5) is 12.8. The van der Waals surface area contributed by atoms with Gasteiger partial charge in [0.25, 0.3) is 0 Å². The van der Waals surface area contributed by atoms with E-state index in [1.807, 2.05) is 4.90 Å². The number of alkyl halides is 3. The van der Waals surface area contributed by atoms with Crippen LogP contribution in [-0.2, 0) is 6.18 Å². The highest BCUT2D eigenvalue weighted by Crippen LogP contribution is 2.50. The molecule has 2 aromatic heterocycles. The predicted molar refractivity (Wildman–Crippen MR) is 172 cm³/mol. The molecule has 0 radical (unpaired) electrons. The molecule has 11 heteroatoms. The van der Waals surface area contributed by atoms with Crippen LogP contribution < -0.4 is 9.64 Å². The van der Waals surface area contributed by atoms with Crippen molar-refractivity contribution in [3.8, 4) is 22.8 Å². The van der Waals surface area contributed by atoms with E-state index in [9.17, 15) is 0 Å². The molecule has 1 saturated carbocycles. The lowest BCUT2D eigenvalue weighted by Crippen LogP contribution is -2.53. The molecule has 0 atom stereocenters. The van der Waals surface area contributed by atoms with Crippen LogP contribution in [0.2, 0.25) is 0 Å². The van der Waals surface area contributed by atoms with Crippen LogP contribution in [0.25, 0.3) is 23.2 Å². The molecule has 47 heavy (non-hydrogen) atoms. The molecule has 1 spiro atoms. The van der Waals surface area contributed by atoms with Gasteiger partial charge in [0.2, 0.25) is 0 Å². The number of ether oxygens (including phenoxy) is 1. The van der Waals surface area contributed by atoms with Crippen LogP contribution in [0, 0.1) is 5.41 Å². The minimum absolute atomic E-state index is 0.0731. The molecule has 0 bridgehead atoms. The Hall–Kier alpha value is -4.38. The fourth-order valence-electron chi connectivity index (χ4n) is 7.22. The second kappa shape index (κ2) is 13.0. The molecule has 0 unspecified atom stereocenters. The lowest BCUT2D eigenvalue weighted by molar-refractivity contribution is -0.138. The first-order valence-corrected chi connectivity index (χ1v) is 16.2. The van der Waals surface area contributed by atoms with Crippen molar-refractivity contribution >= 4 is 17.6 Å². The van der Waals surface area contributed by atoms with Gasteiger partial charge in [-0.3, -0.25) is 0 Å². The predicted octanol–water partition coefficient (Wildman–Crippen LogP) is 8.45. The average molecular weight is 645 g/mol. The van der Waals surface area contributed by atoms with Crippen molar-refractivity contribution in [1.29, 1.82) is 0 Å². The molecule has 7 rings (SSSR count). The van der Waals surface area contributed by atoms with Crippen LogP contribution in [0.3, 0.4) is 0 Å². The maximum atomic E-state index is 16.0. The van der Waals surface area contributed by atoms with E-state index in [1.54, 1.807) is 42.5 Å². The minimum Gasteiger partial charge on any atom is -0.457 e. The summed E-state index contributed by atoms with van der Waals surface area (Å²) in [5, 5.41) is 7.61. The van der Waals surface area contributed by atoms with Crippen LogP contribution in [-0.4, -0.2) is 57.3 Å². The number of piperidine rings is 2. The van der Waals surface area contributed by atoms with E-state index < -0.39 is 17.6 Å². The quantitative estimate of drug-likeness (QED) is 0.187. The molecule has 0 amide bonds. The highest BCUT2D eigenvalue weighted by Gasteiger charge is 2.45. The molecule has 3 aliphatic rings. The first kappa shape index (κ1) is 31.2. The number of halogens is 4. The summed E-state index contributed by atoms with van der Waals surface area (Å²) in [7, 11) is 0. The summed E-state index contributed by atoms with van der Waals surface area (Å²) >= 11 is 0. The van der Waals surface area contributed by atoms with Crippen molar-refractivity contribution in [2.45, 2.75) is 57.2 Å². The second-order valence-electron chi connectivity index (χ2n) is 12.8. The fourth-order valence-corrected chi connectivity index (χ4v) is 7.22. The number of para-hydroxylation sites is 1. The molecule has 2 aromatic carbocycles. The molecule has 2 aliphatic heterocycles. The number of likely N-dealkylation sites (tertiary alicyclic amines) is 1. The van der Waals surface area contributed by atoms with Crippen molar-refractivity contribution < 1.29 is 22.3 Å². The molecular formula is C36H36F4N6O. The van der Waals surface area contributed by atoms with E-state index in [0.29, 0.717) is 30.4 Å². The number of rotatable bonds is 7. The molecule has 4 heterocycles. The van der Waals surface area contributed by atoms with Gasteiger partial charge in [-0.15, -0.1) is 0 Å². The SMILES string of the molecule is F/C(=C\c1ccc(Oc2ccccc2)c(C(F)(F)F)c1N1CCCC2(CCN(C3CCC3)CC2)C1)c1nccc(-c2ccnnc2)n1. The van der Waals surface area contributed by atoms with E-state index in [0.717, 1.165) is 44.8 Å². The van der Waals surface area contributed by atoms with E-state index in [4.69, 9.17) is 4.74 Å². The lowest BCUT2D eigenvalue weighted by Gasteiger charge is -2.51. The van der Waals surface area contributed by atoms with Gasteiger partial charge in [0.15, 0.2) is 11.7 Å². The smallest absolute Gasteiger partial charge is 0.422 e. The zero-order valence-electron chi connectivity index (χ0n) is 26.0. The van der Waals surface area contributed by atoms with Crippen LogP contribution in [0.15, 0.2) is 73.2 Å². The Morgan fingerprint density at radius 2 is 1.70 bits per heavy atom. The maximum Gasteiger partial charge on any atom is 0.422 e. The molecule has 0 N–H and O–H groups in total. The van der Waals surface area contributed by atoms with Gasteiger partial charge in [-0.25, -0.2) is 14.4 Å². The van der Waals surface area contributed by atoms with E-state index in [2.05, 4.69) is 25.1 Å². The number of aromatic nitrogens is 4. The number of nitrogens with zero attached hydrogens (tertiary/aromatic N) is 6. The number of benzene rings is 2. The monoisotopic (exact) mass is 644 g/mol. The Bertz CT molecular complexity index is 1720. The minimum atomic E-state index is -4.78. The summed E-state index contributed by atoms with van der Waals surface area (Å²) in [6.45, 7) is 2.82. The zero-order valence-corrected chi connectivity index (χ0v) is 26.0. The Balaban J connectivity index is 1.29. The summed E-state index contributed by atoms with van der Waals surface area (Å²) in [5.41, 5.74) is 0.0373. The Labute approximate surface area is 271 Å². The summed E-state index contributed by atoms with van der Waals surface area (Å²) < 4.78 is 67.5. The molecule has 1 aliphatic carbocycles. The van der Waals surface area contributed by atoms with Gasteiger partial charge in [-0.1, -0.05) is 24.6 Å². The van der Waals surface area contributed by atoms with Crippen LogP contribution in [0.5, 0.6) is 11.5 Å². The molecule has 4 aromatic rings. The third-order valence-corrected chi connectivity index (χ3v) is 9.88. The van der Waals surface area contributed by atoms with Crippen LogP contribution in [0.1, 0.15) is 61.9 Å². The van der Waals surface area contributed by atoms with E-state index in [-0.39, 0.29) is 34.0 Å². The summed E-state index contributed by atoms with van der Waals surface area (Å²) in [6, 6.07) is 15.1. The first-order chi connectivity index (χ1) is 22.8. The molecular weight excluding hydrogens is 608 g/mol. The van der Waals surface area contributed by atoms with Gasteiger partial charge in [0.1, 0.15) is 17.1 Å². The van der Waals surface area contributed by atoms with E-state index >= 15 is 17.6 Å². The second-order valence-corrected chi connectivity index (χ2v) is 12.8. The third-order valence-electron chi connectivity index (χ3n) is 9.88. The molecule has 7 nitrogen and oxygen atoms in total. The average Bonchev–Trinajstić information content (AvgIpc) is 3.06. The Morgan fingerprint density at radius 1 is 0.894 bits per heavy atom. The van der Waals surface area contributed by atoms with Gasteiger partial charge >= 0.3 is 6.18 Å². The first-order valence-electron chi connectivity index (χ1n) is 16.2. The van der Waals surface area contributed by atoms with Gasteiger partial charge in [-0.05, 0) is 99.5 Å². The summed E-state index contributed by atoms with van der Waals surface area (Å²) in [5.74, 6) is -1.12. The molecule has 244 valence electrons. The van der Waals surface area contributed by atoms with Crippen molar-refractivity contribution in [1.82, 2.24) is 25.1 Å². The third kappa shape index (κ3) is 6.72. The Morgan fingerprint density at radius 3 is 2.40 bits per heavy atom. The van der Waals surface area contributed by atoms with Gasteiger partial charge < -0.3 is 14.5 Å². The van der Waals surface area contributed by atoms with Crippen molar-refractivity contribution in [3.63, 3.8) is 0 Å². The Kier molecular flexibility index (Phi) is 8.65. The highest BCUT2D eigenvalue weighted by atomic mass is 19.4. The highest BCUT2D eigenvalue weighted by molar-refractivity contribution is 5.83. The molecule has 3 fully saturated rings. The standard InChI is InChI=1S/C36H36F4N6O/c37-29(34-41-17-13-30(44-34)26-12-18-42-43-23-26)22-25-10-11-31(47-28-8-2-1-3-9-28)32(36(38,39)40)33(25)46-19-5-14-35(24-46)15-20-45(21-16-35)27-6-4-7-27/h1-3,8-13,17-18,22-23,27H,4-7,14-16,19-21,24H2/b29-22-. The van der Waals surface area contributed by atoms with E-state index in [1.165, 1.54) is 50.0 Å². The number of hydrogen-bond acceptors (Lipinski definition) is 7. The van der Waals surface area contributed by atoms with Crippen LogP contribution >= 0.6 is 0 Å². The van der Waals surface area contributed by atoms with Crippen molar-refractivity contribution in [2.75, 3.05) is 31.1 Å². The number of hydrogen-bond donors (Lipinski definition) is 0. The van der Waals surface area contributed by atoms with Gasteiger partial charge in [-0.2, -0.15) is 23.4 Å². The fraction of sp³-hybridized carbons (Fsp3) is 0.389. The largest absolute Gasteiger partial charge is 0.457 e. The topological polar surface area (TPSA) is 67.3 Å². The zero-order chi connectivity index (χ0) is 32.4. The van der Waals surface area contributed by atoms with Crippen molar-refractivity contribution in [2.24, 2.45) is 5.41 Å².